The van der Waals surface area contributed by atoms with Gasteiger partial charge in [0.2, 0.25) is 5.91 Å². The number of hydrogen-bond donors (Lipinski definition) is 1. The van der Waals surface area contributed by atoms with Crippen molar-refractivity contribution in [1.82, 2.24) is 4.90 Å². The minimum atomic E-state index is -3.59. The lowest BCUT2D eigenvalue weighted by atomic mass is 9.73. The summed E-state index contributed by atoms with van der Waals surface area (Å²) >= 11 is 0. The van der Waals surface area contributed by atoms with E-state index in [2.05, 4.69) is 30.9 Å². The lowest BCUT2D eigenvalue weighted by molar-refractivity contribution is -0.131. The lowest BCUT2D eigenvalue weighted by Gasteiger charge is -2.48. The first kappa shape index (κ1) is 25.8. The van der Waals surface area contributed by atoms with Gasteiger partial charge in [-0.25, -0.2) is 8.42 Å². The predicted octanol–water partition coefficient (Wildman–Crippen LogP) is 2.94. The molecule has 3 aliphatic rings. The summed E-state index contributed by atoms with van der Waals surface area (Å²) in [5.41, 5.74) is 6.68. The molecule has 4 rings (SSSR count). The van der Waals surface area contributed by atoms with Gasteiger partial charge in [0, 0.05) is 31.9 Å². The van der Waals surface area contributed by atoms with Gasteiger partial charge in [0.1, 0.15) is 11.0 Å². The second-order valence-corrected chi connectivity index (χ2v) is 13.0. The lowest BCUT2D eigenvalue weighted by Crippen LogP contribution is -2.54. The molecular formula is C25H41N3O4S. The molecule has 186 valence electrons. The maximum atomic E-state index is 13.7. The maximum Gasteiger partial charge on any atom is 0.240 e. The Hall–Kier alpha value is -1.80. The van der Waals surface area contributed by atoms with Crippen molar-refractivity contribution in [2.24, 2.45) is 23.0 Å². The van der Waals surface area contributed by atoms with Crippen LogP contribution in [0.5, 0.6) is 5.75 Å². The fourth-order valence-corrected chi connectivity index (χ4v) is 7.29. The number of carbonyl (C=O) groups excluding carboxylic acids is 1. The molecule has 1 amide bonds. The third-order valence-corrected chi connectivity index (χ3v) is 9.07. The van der Waals surface area contributed by atoms with Gasteiger partial charge in [-0.2, -0.15) is 0 Å². The molecule has 0 radical (unpaired) electrons. The van der Waals surface area contributed by atoms with Crippen LogP contribution in [0.25, 0.3) is 0 Å². The molecule has 3 atom stereocenters. The average Bonchev–Trinajstić information content (AvgIpc) is 2.99. The van der Waals surface area contributed by atoms with Gasteiger partial charge in [-0.15, -0.1) is 0 Å². The van der Waals surface area contributed by atoms with Crippen molar-refractivity contribution in [2.45, 2.75) is 58.8 Å². The van der Waals surface area contributed by atoms with Crippen molar-refractivity contribution < 1.29 is 17.9 Å². The Labute approximate surface area is 199 Å². The van der Waals surface area contributed by atoms with Crippen LogP contribution in [0.4, 0.5) is 5.69 Å². The Morgan fingerprint density at radius 3 is 2.42 bits per heavy atom. The number of nitrogens with two attached hydrogens (primary N) is 1. The number of carbonyl (C=O) groups is 1. The molecule has 2 bridgehead atoms. The van der Waals surface area contributed by atoms with E-state index in [9.17, 15) is 13.2 Å². The quantitative estimate of drug-likeness (QED) is 0.585. The highest BCUT2D eigenvalue weighted by atomic mass is 32.2. The number of fused-ring (bicyclic) bond motifs is 4. The molecule has 3 heterocycles. The van der Waals surface area contributed by atoms with Crippen LogP contribution in [-0.4, -0.2) is 69.1 Å². The van der Waals surface area contributed by atoms with Crippen LogP contribution in [0, 0.1) is 17.3 Å². The van der Waals surface area contributed by atoms with E-state index in [4.69, 9.17) is 10.5 Å². The number of ether oxygens (including phenoxy) is 1. The first-order chi connectivity index (χ1) is 15.5. The van der Waals surface area contributed by atoms with Gasteiger partial charge in [-0.3, -0.25) is 4.79 Å². The molecule has 33 heavy (non-hydrogen) atoms. The highest BCUT2D eigenvalue weighted by Crippen LogP contribution is 2.43. The fraction of sp³-hybridized carbons (Fsp3) is 0.720. The van der Waals surface area contributed by atoms with Crippen molar-refractivity contribution in [3.8, 4) is 5.75 Å². The largest absolute Gasteiger partial charge is 0.494 e. The van der Waals surface area contributed by atoms with Crippen LogP contribution < -0.4 is 15.4 Å². The number of benzene rings is 1. The smallest absolute Gasteiger partial charge is 0.240 e. The van der Waals surface area contributed by atoms with E-state index in [1.165, 1.54) is 0 Å². The Morgan fingerprint density at radius 1 is 1.18 bits per heavy atom. The molecule has 0 saturated carbocycles. The zero-order chi connectivity index (χ0) is 24.4. The van der Waals surface area contributed by atoms with Crippen LogP contribution in [0.15, 0.2) is 24.3 Å². The number of rotatable bonds is 9. The second-order valence-electron chi connectivity index (χ2n) is 10.7. The molecule has 1 aromatic rings. The van der Waals surface area contributed by atoms with E-state index >= 15 is 0 Å². The summed E-state index contributed by atoms with van der Waals surface area (Å²) in [7, 11) is -3.59. The van der Waals surface area contributed by atoms with Crippen molar-refractivity contribution in [3.05, 3.63) is 24.3 Å². The van der Waals surface area contributed by atoms with Gasteiger partial charge in [0.15, 0.2) is 9.84 Å². The van der Waals surface area contributed by atoms with Crippen molar-refractivity contribution >= 4 is 21.4 Å². The number of amides is 1. The molecule has 1 unspecified atom stereocenters. The van der Waals surface area contributed by atoms with E-state index in [0.717, 1.165) is 24.4 Å². The summed E-state index contributed by atoms with van der Waals surface area (Å²) in [5.74, 6) is 0.830. The first-order valence-electron chi connectivity index (χ1n) is 12.2. The van der Waals surface area contributed by atoms with Gasteiger partial charge >= 0.3 is 0 Å². The maximum absolute atomic E-state index is 13.7. The monoisotopic (exact) mass is 479 g/mol. The Balaban J connectivity index is 1.89. The van der Waals surface area contributed by atoms with Gasteiger partial charge in [0.25, 0.3) is 0 Å². The van der Waals surface area contributed by atoms with Gasteiger partial charge in [0.05, 0.1) is 18.4 Å². The second kappa shape index (κ2) is 10.2. The Morgan fingerprint density at radius 2 is 1.85 bits per heavy atom. The summed E-state index contributed by atoms with van der Waals surface area (Å²) in [6.07, 6.45) is 1.35. The van der Waals surface area contributed by atoms with Crippen LogP contribution in [0.1, 0.15) is 47.5 Å². The SMILES string of the molecule is CCOc1ccc(N2C[C@H]3CN(C(=O)C(CC(C)C)S(=O)(=O)CCN)C[C@@H]2C(C)(C)C3)cc1. The Bertz CT molecular complexity index is 914. The Kier molecular flexibility index (Phi) is 7.99. The molecule has 1 aromatic carbocycles. The van der Waals surface area contributed by atoms with Gasteiger partial charge in [-0.05, 0) is 61.3 Å². The topological polar surface area (TPSA) is 92.9 Å². The molecule has 0 aliphatic carbocycles. The molecular weight excluding hydrogens is 438 g/mol. The van der Waals surface area contributed by atoms with Crippen LogP contribution in [0.3, 0.4) is 0 Å². The third kappa shape index (κ3) is 5.83. The van der Waals surface area contributed by atoms with Crippen molar-refractivity contribution in [1.29, 1.82) is 0 Å². The molecule has 8 heteroatoms. The number of anilines is 1. The molecule has 3 fully saturated rings. The average molecular weight is 480 g/mol. The van der Waals surface area contributed by atoms with E-state index in [-0.39, 0.29) is 41.5 Å². The highest BCUT2D eigenvalue weighted by Gasteiger charge is 2.48. The zero-order valence-electron chi connectivity index (χ0n) is 20.8. The van der Waals surface area contributed by atoms with Crippen molar-refractivity contribution in [2.75, 3.05) is 43.4 Å². The standard InChI is InChI=1S/C25H41N3O4S/c1-6-32-21-9-7-20(8-10-21)28-16-19-14-25(4,5)23(28)17-27(15-19)24(29)22(13-18(2)3)33(30,31)12-11-26/h7-10,18-19,22-23H,6,11-17,26H2,1-5H3/t19-,22?,23-/m1/s1. The summed E-state index contributed by atoms with van der Waals surface area (Å²) in [6, 6.07) is 8.26. The van der Waals surface area contributed by atoms with Crippen molar-refractivity contribution in [3.63, 3.8) is 0 Å². The molecule has 3 aliphatic heterocycles. The van der Waals surface area contributed by atoms with Crippen LogP contribution in [-0.2, 0) is 14.6 Å². The molecule has 7 nitrogen and oxygen atoms in total. The normalized spacial score (nSPS) is 23.5. The van der Waals surface area contributed by atoms with E-state index < -0.39 is 15.1 Å². The summed E-state index contributed by atoms with van der Waals surface area (Å²) in [4.78, 5) is 17.9. The minimum Gasteiger partial charge on any atom is -0.494 e. The number of hydrogen-bond acceptors (Lipinski definition) is 6. The predicted molar refractivity (Wildman–Crippen MR) is 133 cm³/mol. The molecule has 2 N–H and O–H groups in total. The third-order valence-electron chi connectivity index (χ3n) is 7.01. The van der Waals surface area contributed by atoms with E-state index in [1.54, 1.807) is 0 Å². The molecule has 3 saturated heterocycles. The van der Waals surface area contributed by atoms with Crippen LogP contribution in [0.2, 0.25) is 0 Å². The number of nitrogens with zero attached hydrogens (tertiary/aromatic N) is 2. The highest BCUT2D eigenvalue weighted by molar-refractivity contribution is 7.92. The fourth-order valence-electron chi connectivity index (χ4n) is 5.54. The van der Waals surface area contributed by atoms with Crippen LogP contribution >= 0.6 is 0 Å². The summed E-state index contributed by atoms with van der Waals surface area (Å²) in [6.45, 7) is 13.1. The zero-order valence-corrected chi connectivity index (χ0v) is 21.6. The number of piperidine rings is 1. The molecule has 0 spiro atoms. The minimum absolute atomic E-state index is 0.000213. The summed E-state index contributed by atoms with van der Waals surface area (Å²) < 4.78 is 31.5. The number of sulfone groups is 1. The van der Waals surface area contributed by atoms with Gasteiger partial charge < -0.3 is 20.3 Å². The summed E-state index contributed by atoms with van der Waals surface area (Å²) in [5, 5.41) is -1.01. The van der Waals surface area contributed by atoms with E-state index in [1.807, 2.05) is 37.8 Å². The molecule has 0 aromatic heterocycles. The van der Waals surface area contributed by atoms with E-state index in [0.29, 0.717) is 26.1 Å². The first-order valence-corrected chi connectivity index (χ1v) is 13.9. The van der Waals surface area contributed by atoms with Gasteiger partial charge in [-0.1, -0.05) is 27.7 Å².